The third-order valence-electron chi connectivity index (χ3n) is 9.25. The van der Waals surface area contributed by atoms with Gasteiger partial charge in [-0.3, -0.25) is 4.79 Å². The van der Waals surface area contributed by atoms with Gasteiger partial charge in [0.25, 0.3) is 0 Å². The van der Waals surface area contributed by atoms with Crippen molar-refractivity contribution in [1.29, 1.82) is 0 Å². The van der Waals surface area contributed by atoms with Crippen molar-refractivity contribution in [3.63, 3.8) is 0 Å². The zero-order valence-electron chi connectivity index (χ0n) is 34.8. The van der Waals surface area contributed by atoms with Crippen molar-refractivity contribution < 1.29 is 70.5 Å². The molecule has 0 radical (unpaired) electrons. The SMILES string of the molecule is COC(=O)/C=C/C=C/C=C/C=C/C[C@H](O)[C@@H](C)[C@H](O)C[C@H](O)C[C@H](O)C[C@H](O)/C=C/C[C@@H](O)C[C@H](O)C[C@@H](O)C[C@H](O)/C=C/C[C@H](O)/C=C/C[C@H](O)CCCNC(C)=O. The van der Waals surface area contributed by atoms with Crippen molar-refractivity contribution in [3.05, 3.63) is 85.1 Å². The molecule has 0 aliphatic carbocycles. The molecular weight excluding hydrogens is 766 g/mol. The molecule has 12 N–H and O–H groups in total. The summed E-state index contributed by atoms with van der Waals surface area (Å²) in [7, 11) is 1.29. The van der Waals surface area contributed by atoms with Gasteiger partial charge in [-0.05, 0) is 64.2 Å². The number of esters is 1. The van der Waals surface area contributed by atoms with Crippen LogP contribution in [0, 0.1) is 5.92 Å². The Bertz CT molecular complexity index is 1310. The van der Waals surface area contributed by atoms with Crippen molar-refractivity contribution in [2.45, 2.75) is 158 Å². The summed E-state index contributed by atoms with van der Waals surface area (Å²) >= 11 is 0. The molecule has 0 heterocycles. The van der Waals surface area contributed by atoms with Crippen molar-refractivity contribution in [3.8, 4) is 0 Å². The highest BCUT2D eigenvalue weighted by atomic mass is 16.5. The van der Waals surface area contributed by atoms with Crippen LogP contribution < -0.4 is 5.32 Å². The Morgan fingerprint density at radius 3 is 1.58 bits per heavy atom. The Labute approximate surface area is 349 Å². The maximum absolute atomic E-state index is 11.0. The van der Waals surface area contributed by atoms with E-state index in [0.717, 1.165) is 0 Å². The Balaban J connectivity index is 4.38. The lowest BCUT2D eigenvalue weighted by molar-refractivity contribution is -0.134. The third kappa shape index (κ3) is 33.1. The van der Waals surface area contributed by atoms with Gasteiger partial charge in [-0.1, -0.05) is 85.9 Å². The molecule has 12 atom stereocenters. The van der Waals surface area contributed by atoms with Crippen molar-refractivity contribution in [2.75, 3.05) is 13.7 Å². The van der Waals surface area contributed by atoms with E-state index in [-0.39, 0.29) is 63.7 Å². The normalized spacial score (nSPS) is 19.1. The zero-order valence-corrected chi connectivity index (χ0v) is 34.8. The molecule has 15 heteroatoms. The standard InChI is InChI=1S/C44H73NO14/c1-31(42(56)22-9-7-5-4-6-8-10-23-44(58)59-3)43(57)30-41(55)29-40(54)27-37(51)20-13-19-36(50)26-39(53)28-38(52)25-35(49)18-12-17-33(47)15-11-16-34(48)21-14-24-45-32(2)46/h4-13,15,18,20,23,31,33-43,47-57H,14,16-17,19,21-22,24-30H2,1-3H3,(H,45,46)/b5-4+,8-6+,9-7+,15-11+,18-12+,20-13+,23-10+/t31-,33-,34+,35-,36-,37-,38+,39+,40-,41-,42+,43-/m1/s1. The molecule has 0 aromatic heterocycles. The van der Waals surface area contributed by atoms with Crippen LogP contribution in [0.2, 0.25) is 0 Å². The van der Waals surface area contributed by atoms with Gasteiger partial charge in [0.15, 0.2) is 0 Å². The summed E-state index contributed by atoms with van der Waals surface area (Å²) in [4.78, 5) is 21.8. The number of nitrogens with one attached hydrogen (secondary N) is 1. The number of ether oxygens (including phenoxy) is 1. The van der Waals surface area contributed by atoms with E-state index in [0.29, 0.717) is 25.8 Å². The largest absolute Gasteiger partial charge is 0.466 e. The van der Waals surface area contributed by atoms with Gasteiger partial charge < -0.3 is 66.2 Å². The number of carbonyl (C=O) groups excluding carboxylic acids is 2. The fourth-order valence-electron chi connectivity index (χ4n) is 5.82. The molecule has 0 fully saturated rings. The van der Waals surface area contributed by atoms with Gasteiger partial charge >= 0.3 is 5.97 Å². The van der Waals surface area contributed by atoms with Crippen LogP contribution in [0.25, 0.3) is 0 Å². The van der Waals surface area contributed by atoms with Crippen molar-refractivity contribution in [1.82, 2.24) is 5.32 Å². The van der Waals surface area contributed by atoms with Crippen LogP contribution in [0.3, 0.4) is 0 Å². The fraction of sp³-hybridized carbons (Fsp3) is 0.636. The van der Waals surface area contributed by atoms with E-state index in [2.05, 4.69) is 10.1 Å². The number of allylic oxidation sites excluding steroid dienone is 6. The summed E-state index contributed by atoms with van der Waals surface area (Å²) in [6, 6.07) is 0. The summed E-state index contributed by atoms with van der Waals surface area (Å²) in [5.41, 5.74) is 0. The quantitative estimate of drug-likeness (QED) is 0.0147. The molecule has 0 unspecified atom stereocenters. The number of methoxy groups -OCH3 is 1. The molecule has 338 valence electrons. The predicted octanol–water partition coefficient (Wildman–Crippen LogP) is 1.48. The first-order valence-electron chi connectivity index (χ1n) is 20.4. The fourth-order valence-corrected chi connectivity index (χ4v) is 5.82. The highest BCUT2D eigenvalue weighted by molar-refractivity contribution is 5.82. The van der Waals surface area contributed by atoms with Gasteiger partial charge in [-0.2, -0.15) is 0 Å². The van der Waals surface area contributed by atoms with E-state index < -0.39 is 79.0 Å². The first kappa shape index (κ1) is 55.7. The second-order valence-corrected chi connectivity index (χ2v) is 15.0. The van der Waals surface area contributed by atoms with Crippen LogP contribution in [0.15, 0.2) is 85.1 Å². The monoisotopic (exact) mass is 840 g/mol. The van der Waals surface area contributed by atoms with Crippen LogP contribution in [0.5, 0.6) is 0 Å². The van der Waals surface area contributed by atoms with Crippen LogP contribution in [0.1, 0.15) is 90.9 Å². The number of hydrogen-bond donors (Lipinski definition) is 12. The minimum absolute atomic E-state index is 0.0694. The lowest BCUT2D eigenvalue weighted by Crippen LogP contribution is -2.33. The highest BCUT2D eigenvalue weighted by Crippen LogP contribution is 2.20. The lowest BCUT2D eigenvalue weighted by Gasteiger charge is -2.26. The number of hydrogen-bond acceptors (Lipinski definition) is 14. The summed E-state index contributed by atoms with van der Waals surface area (Å²) < 4.78 is 4.48. The zero-order chi connectivity index (χ0) is 44.6. The van der Waals surface area contributed by atoms with Crippen LogP contribution in [-0.2, 0) is 14.3 Å². The molecule has 0 aromatic rings. The number of amides is 1. The van der Waals surface area contributed by atoms with Gasteiger partial charge in [0.1, 0.15) is 0 Å². The number of aliphatic hydroxyl groups excluding tert-OH is 11. The lowest BCUT2D eigenvalue weighted by atomic mass is 9.90. The minimum atomic E-state index is -1.10. The second-order valence-electron chi connectivity index (χ2n) is 15.0. The first-order chi connectivity index (χ1) is 27.9. The van der Waals surface area contributed by atoms with E-state index in [9.17, 15) is 65.8 Å². The molecule has 0 aromatic carbocycles. The summed E-state index contributed by atoms with van der Waals surface area (Å²) in [6.45, 7) is 3.57. The number of carbonyl (C=O) groups is 2. The molecule has 59 heavy (non-hydrogen) atoms. The Morgan fingerprint density at radius 1 is 0.525 bits per heavy atom. The molecule has 1 amide bonds. The van der Waals surface area contributed by atoms with E-state index in [1.807, 2.05) is 0 Å². The van der Waals surface area contributed by atoms with Gasteiger partial charge in [-0.15, -0.1) is 0 Å². The van der Waals surface area contributed by atoms with Crippen LogP contribution in [0.4, 0.5) is 0 Å². The Kier molecular flexibility index (Phi) is 32.5. The average molecular weight is 840 g/mol. The Morgan fingerprint density at radius 2 is 1.00 bits per heavy atom. The molecule has 0 spiro atoms. The topological polar surface area (TPSA) is 278 Å². The number of rotatable bonds is 33. The molecule has 0 rings (SSSR count). The van der Waals surface area contributed by atoms with Gasteiger partial charge in [0.05, 0.1) is 74.3 Å². The van der Waals surface area contributed by atoms with Crippen LogP contribution >= 0.6 is 0 Å². The van der Waals surface area contributed by atoms with E-state index in [4.69, 9.17) is 0 Å². The minimum Gasteiger partial charge on any atom is -0.466 e. The predicted molar refractivity (Wildman–Crippen MR) is 225 cm³/mol. The molecule has 0 saturated carbocycles. The third-order valence-corrected chi connectivity index (χ3v) is 9.25. The summed E-state index contributed by atoms with van der Waals surface area (Å²) in [6.07, 6.45) is 12.9. The highest BCUT2D eigenvalue weighted by Gasteiger charge is 2.25. The molecular formula is C44H73NO14. The Hall–Kier alpha value is -3.32. The molecule has 0 aliphatic rings. The second kappa shape index (κ2) is 34.4. The summed E-state index contributed by atoms with van der Waals surface area (Å²) in [5.74, 6) is -1.15. The molecule has 15 nitrogen and oxygen atoms in total. The van der Waals surface area contributed by atoms with E-state index in [1.165, 1.54) is 44.4 Å². The van der Waals surface area contributed by atoms with Crippen LogP contribution in [-0.4, -0.2) is 149 Å². The van der Waals surface area contributed by atoms with Crippen molar-refractivity contribution >= 4 is 11.9 Å². The maximum atomic E-state index is 11.0. The van der Waals surface area contributed by atoms with E-state index >= 15 is 0 Å². The molecule has 0 bridgehead atoms. The number of aliphatic hydroxyl groups is 11. The average Bonchev–Trinajstić information content (AvgIpc) is 3.14. The molecule has 0 saturated heterocycles. The van der Waals surface area contributed by atoms with Gasteiger partial charge in [-0.25, -0.2) is 4.79 Å². The van der Waals surface area contributed by atoms with E-state index in [1.54, 1.807) is 61.6 Å². The maximum Gasteiger partial charge on any atom is 0.330 e. The summed E-state index contributed by atoms with van der Waals surface area (Å²) in [5, 5.41) is 116. The van der Waals surface area contributed by atoms with Crippen molar-refractivity contribution in [2.24, 2.45) is 5.92 Å². The smallest absolute Gasteiger partial charge is 0.330 e. The molecule has 0 aliphatic heterocycles. The first-order valence-corrected chi connectivity index (χ1v) is 20.4. The van der Waals surface area contributed by atoms with Gasteiger partial charge in [0.2, 0.25) is 5.91 Å². The van der Waals surface area contributed by atoms with Gasteiger partial charge in [0, 0.05) is 38.3 Å².